The van der Waals surface area contributed by atoms with E-state index in [2.05, 4.69) is 5.32 Å². The fourth-order valence-electron chi connectivity index (χ4n) is 2.82. The van der Waals surface area contributed by atoms with Gasteiger partial charge in [-0.05, 0) is 24.5 Å². The predicted molar refractivity (Wildman–Crippen MR) is 101 cm³/mol. The van der Waals surface area contributed by atoms with Crippen molar-refractivity contribution in [2.24, 2.45) is 5.92 Å². The summed E-state index contributed by atoms with van der Waals surface area (Å²) in [5, 5.41) is 13.3. The number of benzene rings is 1. The number of amides is 1. The van der Waals surface area contributed by atoms with Crippen molar-refractivity contribution in [1.82, 2.24) is 5.32 Å². The van der Waals surface area contributed by atoms with E-state index in [9.17, 15) is 14.7 Å². The first kappa shape index (κ1) is 20.3. The molecule has 1 aromatic heterocycles. The third kappa shape index (κ3) is 4.19. The minimum absolute atomic E-state index is 0.124. The van der Waals surface area contributed by atoms with Crippen molar-refractivity contribution in [1.29, 1.82) is 0 Å². The van der Waals surface area contributed by atoms with Gasteiger partial charge in [0.25, 0.3) is 0 Å². The average Bonchev–Trinajstić information content (AvgIpc) is 2.62. The number of nitrogens with one attached hydrogen (secondary N) is 1. The summed E-state index contributed by atoms with van der Waals surface area (Å²) in [6.07, 6.45) is 0.698. The molecule has 7 heteroatoms. The van der Waals surface area contributed by atoms with Crippen LogP contribution in [0.5, 0.6) is 5.75 Å². The Labute approximate surface area is 157 Å². The van der Waals surface area contributed by atoms with E-state index in [1.165, 1.54) is 7.11 Å². The van der Waals surface area contributed by atoms with Crippen molar-refractivity contribution in [2.45, 2.75) is 39.7 Å². The maximum Gasteiger partial charge on any atom is 0.340 e. The second kappa shape index (κ2) is 8.56. The Morgan fingerprint density at radius 2 is 2.12 bits per heavy atom. The van der Waals surface area contributed by atoms with Crippen LogP contribution >= 0.6 is 11.6 Å². The van der Waals surface area contributed by atoms with E-state index in [1.54, 1.807) is 19.1 Å². The Hall–Kier alpha value is -2.05. The van der Waals surface area contributed by atoms with E-state index >= 15 is 0 Å². The van der Waals surface area contributed by atoms with Gasteiger partial charge in [0.2, 0.25) is 5.91 Å². The van der Waals surface area contributed by atoms with Gasteiger partial charge in [0.05, 0.1) is 36.8 Å². The zero-order valence-corrected chi connectivity index (χ0v) is 16.1. The van der Waals surface area contributed by atoms with Crippen LogP contribution < -0.4 is 15.7 Å². The number of rotatable bonds is 7. The molecule has 0 aliphatic rings. The molecule has 1 aromatic carbocycles. The van der Waals surface area contributed by atoms with E-state index < -0.39 is 5.63 Å². The molecule has 6 nitrogen and oxygen atoms in total. The van der Waals surface area contributed by atoms with Gasteiger partial charge in [0, 0.05) is 11.5 Å². The number of methoxy groups -OCH3 is 1. The van der Waals surface area contributed by atoms with Crippen molar-refractivity contribution in [2.75, 3.05) is 13.7 Å². The molecule has 0 aliphatic carbocycles. The quantitative estimate of drug-likeness (QED) is 0.720. The van der Waals surface area contributed by atoms with Crippen LogP contribution in [0.15, 0.2) is 21.3 Å². The number of aryl methyl sites for hydroxylation is 1. The Balaban J connectivity index is 2.35. The maximum atomic E-state index is 12.4. The van der Waals surface area contributed by atoms with Gasteiger partial charge in [0.15, 0.2) is 0 Å². The van der Waals surface area contributed by atoms with E-state index in [0.717, 1.165) is 6.42 Å². The average molecular weight is 382 g/mol. The number of aliphatic hydroxyl groups is 1. The number of hydrogen-bond acceptors (Lipinski definition) is 5. The topological polar surface area (TPSA) is 88.8 Å². The second-order valence-corrected chi connectivity index (χ2v) is 6.80. The van der Waals surface area contributed by atoms with Crippen molar-refractivity contribution in [3.05, 3.63) is 38.7 Å². The summed E-state index contributed by atoms with van der Waals surface area (Å²) in [4.78, 5) is 24.7. The smallest absolute Gasteiger partial charge is 0.340 e. The lowest BCUT2D eigenvalue weighted by Gasteiger charge is -2.22. The molecule has 0 aliphatic heterocycles. The highest BCUT2D eigenvalue weighted by Gasteiger charge is 2.20. The number of hydrogen-bond donors (Lipinski definition) is 2. The Morgan fingerprint density at radius 3 is 2.69 bits per heavy atom. The van der Waals surface area contributed by atoms with Gasteiger partial charge in [0.1, 0.15) is 11.3 Å². The van der Waals surface area contributed by atoms with E-state index in [0.29, 0.717) is 27.3 Å². The fourth-order valence-corrected chi connectivity index (χ4v) is 3.06. The molecule has 0 saturated carbocycles. The third-order valence-corrected chi connectivity index (χ3v) is 5.07. The number of carbonyl (C=O) groups is 1. The fraction of sp³-hybridized carbons (Fsp3) is 0.474. The number of halogens is 1. The van der Waals surface area contributed by atoms with Crippen LogP contribution in [0.25, 0.3) is 11.0 Å². The lowest BCUT2D eigenvalue weighted by Crippen LogP contribution is -2.43. The Morgan fingerprint density at radius 1 is 1.42 bits per heavy atom. The third-order valence-electron chi connectivity index (χ3n) is 4.77. The summed E-state index contributed by atoms with van der Waals surface area (Å²) < 4.78 is 10.5. The highest BCUT2D eigenvalue weighted by molar-refractivity contribution is 6.32. The van der Waals surface area contributed by atoms with Crippen molar-refractivity contribution < 1.29 is 19.1 Å². The molecule has 0 bridgehead atoms. The Bertz CT molecular complexity index is 861. The summed E-state index contributed by atoms with van der Waals surface area (Å²) >= 11 is 6.16. The molecular weight excluding hydrogens is 358 g/mol. The summed E-state index contributed by atoms with van der Waals surface area (Å²) in [5.41, 5.74) is 0.696. The minimum atomic E-state index is -0.571. The van der Waals surface area contributed by atoms with Crippen LogP contribution in [0, 0.1) is 12.8 Å². The standard InChI is InChI=1S/C19H24ClNO5/c1-5-10(2)15(9-22)21-18(23)7-13-11(3)12-6-14(20)17(25-4)8-16(12)26-19(13)24/h6,8,10,15,22H,5,7,9H2,1-4H3,(H,21,23)/t10-,15+/m1/s1. The molecule has 1 heterocycles. The molecular formula is C19H24ClNO5. The van der Waals surface area contributed by atoms with E-state index in [1.807, 2.05) is 13.8 Å². The molecule has 0 unspecified atom stereocenters. The summed E-state index contributed by atoms with van der Waals surface area (Å²) in [6, 6.07) is 2.87. The van der Waals surface area contributed by atoms with Crippen LogP contribution in [-0.4, -0.2) is 30.8 Å². The molecule has 26 heavy (non-hydrogen) atoms. The van der Waals surface area contributed by atoms with Crippen molar-refractivity contribution in [3.63, 3.8) is 0 Å². The second-order valence-electron chi connectivity index (χ2n) is 6.39. The van der Waals surface area contributed by atoms with Gasteiger partial charge in [-0.15, -0.1) is 0 Å². The molecule has 1 amide bonds. The first-order chi connectivity index (χ1) is 12.3. The first-order valence-corrected chi connectivity index (χ1v) is 8.90. The van der Waals surface area contributed by atoms with Gasteiger partial charge >= 0.3 is 5.63 Å². The van der Waals surface area contributed by atoms with Crippen molar-refractivity contribution in [3.8, 4) is 5.75 Å². The van der Waals surface area contributed by atoms with Crippen molar-refractivity contribution >= 4 is 28.5 Å². The number of fused-ring (bicyclic) bond motifs is 1. The normalized spacial score (nSPS) is 13.5. The maximum absolute atomic E-state index is 12.4. The molecule has 0 saturated heterocycles. The minimum Gasteiger partial charge on any atom is -0.495 e. The van der Waals surface area contributed by atoms with Gasteiger partial charge in [-0.3, -0.25) is 4.79 Å². The van der Waals surface area contributed by atoms with Gasteiger partial charge in [-0.2, -0.15) is 0 Å². The summed E-state index contributed by atoms with van der Waals surface area (Å²) in [6.45, 7) is 5.54. The van der Waals surface area contributed by atoms with Crippen LogP contribution in [0.3, 0.4) is 0 Å². The monoisotopic (exact) mass is 381 g/mol. The largest absolute Gasteiger partial charge is 0.495 e. The highest BCUT2D eigenvalue weighted by atomic mass is 35.5. The van der Waals surface area contributed by atoms with E-state index in [-0.39, 0.29) is 36.5 Å². The molecule has 0 spiro atoms. The first-order valence-electron chi connectivity index (χ1n) is 8.52. The lowest BCUT2D eigenvalue weighted by atomic mass is 9.99. The van der Waals surface area contributed by atoms with Gasteiger partial charge < -0.3 is 19.6 Å². The highest BCUT2D eigenvalue weighted by Crippen LogP contribution is 2.31. The van der Waals surface area contributed by atoms with Crippen LogP contribution in [0.1, 0.15) is 31.4 Å². The van der Waals surface area contributed by atoms with Crippen LogP contribution in [0.2, 0.25) is 5.02 Å². The van der Waals surface area contributed by atoms with Gasteiger partial charge in [-0.25, -0.2) is 4.79 Å². The molecule has 0 radical (unpaired) electrons. The molecule has 142 valence electrons. The number of carbonyl (C=O) groups excluding carboxylic acids is 1. The number of ether oxygens (including phenoxy) is 1. The molecule has 2 atom stereocenters. The van der Waals surface area contributed by atoms with Crippen LogP contribution in [0.4, 0.5) is 0 Å². The zero-order chi connectivity index (χ0) is 19.4. The molecule has 2 N–H and O–H groups in total. The molecule has 2 aromatic rings. The summed E-state index contributed by atoms with van der Waals surface area (Å²) in [5.74, 6) is 0.203. The van der Waals surface area contributed by atoms with E-state index in [4.69, 9.17) is 20.8 Å². The zero-order valence-electron chi connectivity index (χ0n) is 15.4. The molecule has 2 rings (SSSR count). The number of aliphatic hydroxyl groups excluding tert-OH is 1. The summed E-state index contributed by atoms with van der Waals surface area (Å²) in [7, 11) is 1.48. The SMILES string of the molecule is CC[C@@H](C)[C@H](CO)NC(=O)Cc1c(C)c2cc(Cl)c(OC)cc2oc1=O. The molecule has 0 fully saturated rings. The lowest BCUT2D eigenvalue weighted by molar-refractivity contribution is -0.121. The van der Waals surface area contributed by atoms with Gasteiger partial charge in [-0.1, -0.05) is 31.9 Å². The predicted octanol–water partition coefficient (Wildman–Crippen LogP) is 2.83. The van der Waals surface area contributed by atoms with Crippen LogP contribution in [-0.2, 0) is 11.2 Å². The Kier molecular flexibility index (Phi) is 6.67.